The number of hydrogen-bond donors (Lipinski definition) is 8. The van der Waals surface area contributed by atoms with Crippen molar-refractivity contribution in [1.29, 1.82) is 0 Å². The largest absolute Gasteiger partial charge is 0.394 e. The van der Waals surface area contributed by atoms with Crippen LogP contribution in [0, 0.1) is 0 Å². The van der Waals surface area contributed by atoms with Gasteiger partial charge in [0.1, 0.15) is 36.6 Å². The Kier molecular flexibility index (Phi) is 7.19. The van der Waals surface area contributed by atoms with E-state index < -0.39 is 49.8 Å². The van der Waals surface area contributed by atoms with Crippen LogP contribution in [0.3, 0.4) is 0 Å². The van der Waals surface area contributed by atoms with E-state index in [4.69, 9.17) is 10.2 Å². The minimum Gasteiger partial charge on any atom is -0.394 e. The molecule has 10 heteroatoms. The third-order valence-corrected chi connectivity index (χ3v) is 3.09. The first-order valence-electron chi connectivity index (χ1n) is 6.45. The maximum Gasteiger partial charge on any atom is 0.126 e. The molecule has 22 heavy (non-hydrogen) atoms. The number of aliphatic hydroxyl groups excluding tert-OH is 8. The summed E-state index contributed by atoms with van der Waals surface area (Å²) in [6.45, 7) is -1.56. The summed E-state index contributed by atoms with van der Waals surface area (Å²) < 4.78 is 0. The molecule has 10 nitrogen and oxygen atoms in total. The van der Waals surface area contributed by atoms with Gasteiger partial charge in [0.2, 0.25) is 0 Å². The van der Waals surface area contributed by atoms with E-state index in [0.717, 1.165) is 12.4 Å². The van der Waals surface area contributed by atoms with Crippen molar-refractivity contribution in [3.05, 3.63) is 23.8 Å². The summed E-state index contributed by atoms with van der Waals surface area (Å²) in [6.07, 6.45) is -7.95. The topological polar surface area (TPSA) is 188 Å². The number of hydrogen-bond acceptors (Lipinski definition) is 10. The van der Waals surface area contributed by atoms with E-state index in [2.05, 4.69) is 9.97 Å². The summed E-state index contributed by atoms with van der Waals surface area (Å²) in [5.41, 5.74) is -0.440. The van der Waals surface area contributed by atoms with Gasteiger partial charge in [-0.25, -0.2) is 4.98 Å². The molecule has 0 radical (unpaired) electrons. The van der Waals surface area contributed by atoms with Crippen molar-refractivity contribution in [1.82, 2.24) is 9.97 Å². The lowest BCUT2D eigenvalue weighted by atomic mass is 10.0. The molecule has 8 N–H and O–H groups in total. The molecule has 0 aliphatic carbocycles. The monoisotopic (exact) mass is 320 g/mol. The van der Waals surface area contributed by atoms with E-state index in [9.17, 15) is 30.6 Å². The number of nitrogens with zero attached hydrogens (tertiary/aromatic N) is 2. The molecule has 0 aliphatic heterocycles. The Morgan fingerprint density at radius 3 is 1.41 bits per heavy atom. The summed E-state index contributed by atoms with van der Waals surface area (Å²) in [5, 5.41) is 74.8. The third-order valence-electron chi connectivity index (χ3n) is 3.09. The number of aromatic nitrogens is 2. The molecular weight excluding hydrogens is 300 g/mol. The fraction of sp³-hybridized carbons (Fsp3) is 0.667. The van der Waals surface area contributed by atoms with Crippen molar-refractivity contribution in [2.24, 2.45) is 0 Å². The average Bonchev–Trinajstić information content (AvgIpc) is 2.57. The first-order valence-corrected chi connectivity index (χ1v) is 6.45. The lowest BCUT2D eigenvalue weighted by Gasteiger charge is -2.23. The summed E-state index contributed by atoms with van der Waals surface area (Å²) in [4.78, 5) is 7.45. The SMILES string of the molecule is OCC(O)C(O)C(O)c1cncc(C(O)C(O)C(O)CO)n1. The van der Waals surface area contributed by atoms with E-state index in [1.807, 2.05) is 0 Å². The molecule has 0 saturated carbocycles. The molecule has 6 atom stereocenters. The van der Waals surface area contributed by atoms with E-state index in [1.54, 1.807) is 0 Å². The Balaban J connectivity index is 2.94. The van der Waals surface area contributed by atoms with E-state index >= 15 is 0 Å². The molecule has 0 aromatic carbocycles. The maximum atomic E-state index is 9.83. The number of aliphatic hydroxyl groups is 8. The Hall–Kier alpha value is -1.24. The highest BCUT2D eigenvalue weighted by Crippen LogP contribution is 2.21. The van der Waals surface area contributed by atoms with Gasteiger partial charge >= 0.3 is 0 Å². The van der Waals surface area contributed by atoms with Crippen LogP contribution in [0.4, 0.5) is 0 Å². The van der Waals surface area contributed by atoms with Crippen LogP contribution in [0.2, 0.25) is 0 Å². The van der Waals surface area contributed by atoms with Gasteiger partial charge in [-0.3, -0.25) is 4.98 Å². The third kappa shape index (κ3) is 4.38. The predicted molar refractivity (Wildman–Crippen MR) is 70.2 cm³/mol. The highest BCUT2D eigenvalue weighted by molar-refractivity contribution is 5.11. The Morgan fingerprint density at radius 1 is 0.727 bits per heavy atom. The zero-order valence-electron chi connectivity index (χ0n) is 11.5. The minimum absolute atomic E-state index is 0.220. The van der Waals surface area contributed by atoms with Crippen molar-refractivity contribution < 1.29 is 40.9 Å². The van der Waals surface area contributed by atoms with Gasteiger partial charge in [-0.05, 0) is 0 Å². The van der Waals surface area contributed by atoms with Gasteiger partial charge in [0.05, 0.1) is 37.0 Å². The van der Waals surface area contributed by atoms with Crippen LogP contribution in [0.1, 0.15) is 23.6 Å². The molecule has 0 aliphatic rings. The van der Waals surface area contributed by atoms with Crippen LogP contribution in [0.25, 0.3) is 0 Å². The van der Waals surface area contributed by atoms with Crippen LogP contribution in [-0.4, -0.2) is 88.4 Å². The molecule has 0 fully saturated rings. The maximum absolute atomic E-state index is 9.83. The van der Waals surface area contributed by atoms with Crippen LogP contribution in [-0.2, 0) is 0 Å². The van der Waals surface area contributed by atoms with Crippen molar-refractivity contribution in [3.63, 3.8) is 0 Å². The number of rotatable bonds is 8. The average molecular weight is 320 g/mol. The normalized spacial score (nSPS) is 20.0. The van der Waals surface area contributed by atoms with Gasteiger partial charge in [0.25, 0.3) is 0 Å². The second-order valence-corrected chi connectivity index (χ2v) is 4.74. The fourth-order valence-electron chi connectivity index (χ4n) is 1.67. The second-order valence-electron chi connectivity index (χ2n) is 4.74. The van der Waals surface area contributed by atoms with Crippen LogP contribution < -0.4 is 0 Å². The molecule has 0 amide bonds. The highest BCUT2D eigenvalue weighted by atomic mass is 16.4. The molecule has 1 aromatic rings. The zero-order chi connectivity index (χ0) is 16.9. The Labute approximate surface area is 125 Å². The van der Waals surface area contributed by atoms with Crippen molar-refractivity contribution in [3.8, 4) is 0 Å². The quantitative estimate of drug-likeness (QED) is 0.234. The van der Waals surface area contributed by atoms with Gasteiger partial charge < -0.3 is 40.9 Å². The fourth-order valence-corrected chi connectivity index (χ4v) is 1.67. The van der Waals surface area contributed by atoms with E-state index in [1.165, 1.54) is 0 Å². The minimum atomic E-state index is -1.74. The van der Waals surface area contributed by atoms with E-state index in [-0.39, 0.29) is 11.4 Å². The lowest BCUT2D eigenvalue weighted by Crippen LogP contribution is -2.36. The molecule has 6 unspecified atom stereocenters. The molecule has 1 rings (SSSR count). The molecule has 0 bridgehead atoms. The van der Waals surface area contributed by atoms with Gasteiger partial charge in [0.15, 0.2) is 0 Å². The molecule has 0 spiro atoms. The molecule has 0 saturated heterocycles. The van der Waals surface area contributed by atoms with Crippen LogP contribution in [0.15, 0.2) is 12.4 Å². The van der Waals surface area contributed by atoms with E-state index in [0.29, 0.717) is 0 Å². The Morgan fingerprint density at radius 2 is 1.09 bits per heavy atom. The molecule has 126 valence electrons. The summed E-state index contributed by atoms with van der Waals surface area (Å²) >= 11 is 0. The van der Waals surface area contributed by atoms with Crippen LogP contribution in [0.5, 0.6) is 0 Å². The van der Waals surface area contributed by atoms with Gasteiger partial charge in [-0.1, -0.05) is 0 Å². The molecule has 1 aromatic heterocycles. The van der Waals surface area contributed by atoms with Crippen molar-refractivity contribution in [2.45, 2.75) is 36.6 Å². The van der Waals surface area contributed by atoms with Gasteiger partial charge in [-0.15, -0.1) is 0 Å². The molecular formula is C12H20N2O8. The van der Waals surface area contributed by atoms with Gasteiger partial charge in [-0.2, -0.15) is 0 Å². The van der Waals surface area contributed by atoms with Crippen LogP contribution >= 0.6 is 0 Å². The van der Waals surface area contributed by atoms with Crippen molar-refractivity contribution in [2.75, 3.05) is 13.2 Å². The Bertz CT molecular complexity index is 425. The highest BCUT2D eigenvalue weighted by Gasteiger charge is 2.30. The summed E-state index contributed by atoms with van der Waals surface area (Å²) in [5.74, 6) is 0. The predicted octanol–water partition coefficient (Wildman–Crippen LogP) is -4.03. The standard InChI is InChI=1S/C12H20N2O8/c15-3-7(17)11(21)9(19)5-1-13-2-6(14-5)10(20)12(22)8(18)4-16/h1-2,7-12,15-22H,3-4H2. The zero-order valence-corrected chi connectivity index (χ0v) is 11.5. The summed E-state index contributed by atoms with van der Waals surface area (Å²) in [7, 11) is 0. The first-order chi connectivity index (χ1) is 10.3. The lowest BCUT2D eigenvalue weighted by molar-refractivity contribution is -0.0826. The summed E-state index contributed by atoms with van der Waals surface area (Å²) in [6, 6.07) is 0. The smallest absolute Gasteiger partial charge is 0.126 e. The van der Waals surface area contributed by atoms with Gasteiger partial charge in [0, 0.05) is 0 Å². The molecule has 1 heterocycles. The van der Waals surface area contributed by atoms with Crippen molar-refractivity contribution >= 4 is 0 Å². The second kappa shape index (κ2) is 8.41. The first kappa shape index (κ1) is 18.8.